The lowest BCUT2D eigenvalue weighted by Gasteiger charge is -2.25. The van der Waals surface area contributed by atoms with E-state index in [1.165, 1.54) is 25.0 Å². The number of aromatic amines is 1. The average Bonchev–Trinajstić information content (AvgIpc) is 3.71. The summed E-state index contributed by atoms with van der Waals surface area (Å²) in [5, 5.41) is 10.2. The van der Waals surface area contributed by atoms with Gasteiger partial charge in [0.15, 0.2) is 11.5 Å². The molecule has 4 aromatic heterocycles. The highest BCUT2D eigenvalue weighted by molar-refractivity contribution is 8.44. The molecule has 4 aromatic rings. The van der Waals surface area contributed by atoms with Crippen molar-refractivity contribution in [2.24, 2.45) is 0 Å². The summed E-state index contributed by atoms with van der Waals surface area (Å²) in [6.45, 7) is -8.50. The number of nitrogens with two attached hydrogens (primary N) is 1. The fourth-order valence-electron chi connectivity index (χ4n) is 5.25. The zero-order chi connectivity index (χ0) is 29.2. The molecule has 3 aliphatic rings. The summed E-state index contributed by atoms with van der Waals surface area (Å²) in [7, 11) is 0. The lowest BCUT2D eigenvalue weighted by molar-refractivity contribution is -0.0431. The van der Waals surface area contributed by atoms with Crippen LogP contribution < -0.4 is 11.4 Å². The third kappa shape index (κ3) is 5.29. The highest BCUT2D eigenvalue weighted by Crippen LogP contribution is 2.60. The molecule has 0 spiro atoms. The standard InChI is InChI=1S/C20H23N9O9P2S2/c21-18-16-19(23-7-22-18)28(8-24-16)15-2-12-14(36-15)6-34-40(32,42)38-13-1-9(5-33-39(31,41)37-12)35-17(13)10-3-26-29-11(10)4-25-27-20(29)30/h3-4,7-9,12-15,17H,1-2,5-6H2,(H,27,30)(H,31,41)(H,32,42)(H2,21,22,23)/t9-,12-,13+,14+,15+,17-,39?,40?/m0/s1. The van der Waals surface area contributed by atoms with Crippen molar-refractivity contribution in [3.63, 3.8) is 0 Å². The Morgan fingerprint density at radius 1 is 0.976 bits per heavy atom. The summed E-state index contributed by atoms with van der Waals surface area (Å²) in [5.74, 6) is 0.197. The van der Waals surface area contributed by atoms with Crippen LogP contribution in [-0.2, 0) is 36.7 Å². The van der Waals surface area contributed by atoms with Crippen LogP contribution in [-0.4, -0.2) is 77.0 Å². The van der Waals surface area contributed by atoms with E-state index >= 15 is 0 Å². The van der Waals surface area contributed by atoms with E-state index in [1.54, 1.807) is 4.57 Å². The summed E-state index contributed by atoms with van der Waals surface area (Å²) in [5.41, 5.74) is 6.95. The third-order valence-corrected chi connectivity index (χ3v) is 10.4. The van der Waals surface area contributed by atoms with Crippen molar-refractivity contribution < 1.29 is 36.7 Å². The first-order chi connectivity index (χ1) is 20.1. The Hall–Kier alpha value is -2.38. The Labute approximate surface area is 246 Å². The number of H-pyrrole nitrogens is 1. The van der Waals surface area contributed by atoms with Crippen LogP contribution in [0.2, 0.25) is 0 Å². The van der Waals surface area contributed by atoms with Crippen molar-refractivity contribution in [3.8, 4) is 0 Å². The van der Waals surface area contributed by atoms with Crippen LogP contribution in [0.5, 0.6) is 0 Å². The fourth-order valence-corrected chi connectivity index (χ4v) is 8.29. The van der Waals surface area contributed by atoms with E-state index in [9.17, 15) is 13.9 Å². The quantitative estimate of drug-likeness (QED) is 0.178. The predicted molar refractivity (Wildman–Crippen MR) is 149 cm³/mol. The lowest BCUT2D eigenvalue weighted by atomic mass is 10.1. The number of ether oxygens (including phenoxy) is 2. The average molecular weight is 660 g/mol. The normalized spacial score (nSPS) is 36.0. The molecule has 0 aliphatic carbocycles. The molecular formula is C20H23N9O9P2S2. The van der Waals surface area contributed by atoms with E-state index < -0.39 is 56.0 Å². The van der Waals surface area contributed by atoms with Crippen LogP contribution in [0, 0.1) is 0 Å². The Morgan fingerprint density at radius 3 is 2.60 bits per heavy atom. The van der Waals surface area contributed by atoms with E-state index in [0.717, 1.165) is 4.52 Å². The van der Waals surface area contributed by atoms with Crippen LogP contribution in [0.3, 0.4) is 0 Å². The molecule has 2 unspecified atom stereocenters. The molecule has 22 heteroatoms. The maximum atomic E-state index is 13.4. The molecule has 7 rings (SSSR count). The molecule has 2 bridgehead atoms. The predicted octanol–water partition coefficient (Wildman–Crippen LogP) is 1.85. The number of nitrogen functional groups attached to an aromatic ring is 1. The Kier molecular flexibility index (Phi) is 7.20. The molecule has 8 atom stereocenters. The smallest absolute Gasteiger partial charge is 0.382 e. The van der Waals surface area contributed by atoms with E-state index in [2.05, 4.69) is 54.7 Å². The van der Waals surface area contributed by atoms with Gasteiger partial charge in [0, 0.05) is 18.4 Å². The molecule has 0 amide bonds. The number of nitrogens with one attached hydrogen (secondary N) is 1. The van der Waals surface area contributed by atoms with Gasteiger partial charge < -0.3 is 15.2 Å². The second-order valence-corrected chi connectivity index (χ2v) is 15.5. The maximum Gasteiger partial charge on any atom is 0.386 e. The number of anilines is 1. The van der Waals surface area contributed by atoms with E-state index in [-0.39, 0.29) is 31.9 Å². The van der Waals surface area contributed by atoms with E-state index in [1.807, 2.05) is 0 Å². The van der Waals surface area contributed by atoms with Crippen molar-refractivity contribution in [2.45, 2.75) is 49.6 Å². The second-order valence-electron chi connectivity index (χ2n) is 9.75. The highest BCUT2D eigenvalue weighted by Gasteiger charge is 2.47. The van der Waals surface area contributed by atoms with Crippen LogP contribution in [0.15, 0.2) is 29.8 Å². The number of aromatic nitrogens is 8. The van der Waals surface area contributed by atoms with Gasteiger partial charge in [0.05, 0.1) is 43.6 Å². The molecule has 0 aromatic carbocycles. The highest BCUT2D eigenvalue weighted by atomic mass is 32.7. The second kappa shape index (κ2) is 10.7. The molecule has 18 nitrogen and oxygen atoms in total. The number of rotatable bonds is 2. The van der Waals surface area contributed by atoms with Crippen molar-refractivity contribution in [2.75, 3.05) is 18.9 Å². The summed E-state index contributed by atoms with van der Waals surface area (Å²) in [6.07, 6.45) is 1.07. The van der Waals surface area contributed by atoms with Crippen molar-refractivity contribution in [3.05, 3.63) is 41.1 Å². The minimum Gasteiger partial charge on any atom is -0.382 e. The number of imidazole rings is 1. The van der Waals surface area contributed by atoms with Gasteiger partial charge >= 0.3 is 19.3 Å². The zero-order valence-corrected chi connectivity index (χ0v) is 24.9. The molecule has 0 saturated carbocycles. The lowest BCUT2D eigenvalue weighted by Crippen LogP contribution is -2.28. The van der Waals surface area contributed by atoms with Crippen LogP contribution in [0.1, 0.15) is 30.7 Å². The summed E-state index contributed by atoms with van der Waals surface area (Å²) in [4.78, 5) is 24.6. The number of hydrogen-bond donors (Lipinski definition) is 4. The number of thiol groups is 2. The van der Waals surface area contributed by atoms with Gasteiger partial charge in [0.25, 0.3) is 0 Å². The van der Waals surface area contributed by atoms with Crippen LogP contribution in [0.4, 0.5) is 5.82 Å². The van der Waals surface area contributed by atoms with Gasteiger partial charge in [-0.05, 0) is 0 Å². The number of fused-ring (bicyclic) bond motifs is 5. The molecule has 0 radical (unpaired) electrons. The zero-order valence-electron chi connectivity index (χ0n) is 21.3. The third-order valence-electron chi connectivity index (χ3n) is 7.09. The molecule has 3 fully saturated rings. The topological polar surface area (TPSA) is 222 Å². The first kappa shape index (κ1) is 28.4. The molecule has 42 heavy (non-hydrogen) atoms. The monoisotopic (exact) mass is 659 g/mol. The van der Waals surface area contributed by atoms with Gasteiger partial charge in [-0.1, -0.05) is 24.5 Å². The van der Waals surface area contributed by atoms with E-state index in [0.29, 0.717) is 22.2 Å². The largest absolute Gasteiger partial charge is 0.386 e. The van der Waals surface area contributed by atoms with E-state index in [4.69, 9.17) is 33.3 Å². The van der Waals surface area contributed by atoms with Crippen molar-refractivity contribution in [1.29, 1.82) is 0 Å². The van der Waals surface area contributed by atoms with Gasteiger partial charge in [-0.3, -0.25) is 22.7 Å². The summed E-state index contributed by atoms with van der Waals surface area (Å²) < 4.78 is 64.7. The minimum absolute atomic E-state index is 0.157. The van der Waals surface area contributed by atoms with Crippen molar-refractivity contribution in [1.82, 2.24) is 39.3 Å². The molecule has 7 heterocycles. The Bertz CT molecular complexity index is 1820. The summed E-state index contributed by atoms with van der Waals surface area (Å²) in [6, 6.07) is 0. The van der Waals surface area contributed by atoms with Gasteiger partial charge in [-0.25, -0.2) is 34.0 Å². The first-order valence-corrected chi connectivity index (χ1v) is 17.9. The van der Waals surface area contributed by atoms with Crippen LogP contribution >= 0.6 is 38.1 Å². The van der Waals surface area contributed by atoms with Gasteiger partial charge in [-0.2, -0.15) is 14.7 Å². The minimum atomic E-state index is -4.03. The number of nitrogens with zero attached hydrogens (tertiary/aromatic N) is 7. The van der Waals surface area contributed by atoms with Crippen LogP contribution in [0.25, 0.3) is 16.7 Å². The Balaban J connectivity index is 1.16. The van der Waals surface area contributed by atoms with Gasteiger partial charge in [-0.15, -0.1) is 0 Å². The SMILES string of the molecule is Nc1ncnc2c1ncn2[C@H]1C[C@@H]2OP(=O)(S)OC[C@@H]3C[C@@H](OP(=O)(S)OC[C@H]2O1)[C@H](c1cnn2c(=O)[nH]ncc12)O3. The fraction of sp³-hybridized carbons (Fsp3) is 0.500. The molecule has 224 valence electrons. The van der Waals surface area contributed by atoms with Gasteiger partial charge in [0.1, 0.15) is 42.5 Å². The molecule has 3 N–H and O–H groups in total. The van der Waals surface area contributed by atoms with Gasteiger partial charge in [0.2, 0.25) is 0 Å². The molecule has 3 aliphatic heterocycles. The van der Waals surface area contributed by atoms with Crippen molar-refractivity contribution >= 4 is 60.6 Å². The maximum absolute atomic E-state index is 13.4. The first-order valence-electron chi connectivity index (χ1n) is 12.5. The summed E-state index contributed by atoms with van der Waals surface area (Å²) >= 11 is 8.37. The molecular weight excluding hydrogens is 636 g/mol. The Morgan fingerprint density at radius 2 is 1.76 bits per heavy atom. The number of hydrogen-bond acceptors (Lipinski definition) is 15. The molecule has 3 saturated heterocycles.